The van der Waals surface area contributed by atoms with E-state index in [9.17, 15) is 0 Å². The molecule has 1 aromatic rings. The van der Waals surface area contributed by atoms with Gasteiger partial charge >= 0.3 is 0 Å². The third-order valence-electron chi connectivity index (χ3n) is 6.67. The molecule has 3 unspecified atom stereocenters. The van der Waals surface area contributed by atoms with Gasteiger partial charge in [0.1, 0.15) is 5.76 Å². The van der Waals surface area contributed by atoms with Crippen molar-refractivity contribution in [1.29, 1.82) is 0 Å². The first kappa shape index (κ1) is 17.8. The van der Waals surface area contributed by atoms with E-state index >= 15 is 0 Å². The van der Waals surface area contributed by atoms with Gasteiger partial charge in [0, 0.05) is 42.5 Å². The number of rotatable bonds is 6. The van der Waals surface area contributed by atoms with Crippen LogP contribution in [-0.4, -0.2) is 36.4 Å². The number of hydrogen-bond acceptors (Lipinski definition) is 4. The maximum Gasteiger partial charge on any atom is 0.191 e. The topological polar surface area (TPSA) is 71.7 Å². The molecule has 6 heteroatoms. The highest BCUT2D eigenvalue weighted by Crippen LogP contribution is 2.62. The van der Waals surface area contributed by atoms with Gasteiger partial charge < -0.3 is 19.9 Å². The standard InChI is InChI=1S/C20H32N4O2/c1-4-15-14(16(5-2)26-24-15)12-22-19(21-6-3)23-17-13-8-11-25-18(13)20(17)9-7-10-20/h13,17-18H,4-12H2,1-3H3,(H2,21,22,23). The van der Waals surface area contributed by atoms with Gasteiger partial charge in [-0.1, -0.05) is 25.4 Å². The van der Waals surface area contributed by atoms with Crippen molar-refractivity contribution in [3.63, 3.8) is 0 Å². The summed E-state index contributed by atoms with van der Waals surface area (Å²) in [6, 6.07) is 0.500. The van der Waals surface area contributed by atoms with Crippen LogP contribution in [-0.2, 0) is 24.1 Å². The van der Waals surface area contributed by atoms with Crippen LogP contribution in [0.15, 0.2) is 9.52 Å². The van der Waals surface area contributed by atoms with Crippen LogP contribution in [0.1, 0.15) is 63.5 Å². The highest BCUT2D eigenvalue weighted by molar-refractivity contribution is 5.80. The molecule has 1 saturated heterocycles. The van der Waals surface area contributed by atoms with Crippen molar-refractivity contribution >= 4 is 5.96 Å². The van der Waals surface area contributed by atoms with E-state index in [1.54, 1.807) is 0 Å². The lowest BCUT2D eigenvalue weighted by atomic mass is 9.46. The van der Waals surface area contributed by atoms with E-state index in [1.807, 2.05) is 0 Å². The van der Waals surface area contributed by atoms with Crippen molar-refractivity contribution < 1.29 is 9.26 Å². The molecule has 2 saturated carbocycles. The molecule has 144 valence electrons. The molecule has 0 radical (unpaired) electrons. The van der Waals surface area contributed by atoms with E-state index in [4.69, 9.17) is 14.3 Å². The van der Waals surface area contributed by atoms with Gasteiger partial charge in [-0.2, -0.15) is 0 Å². The van der Waals surface area contributed by atoms with Crippen LogP contribution in [0.5, 0.6) is 0 Å². The number of ether oxygens (including phenoxy) is 1. The maximum absolute atomic E-state index is 6.04. The zero-order valence-corrected chi connectivity index (χ0v) is 16.3. The summed E-state index contributed by atoms with van der Waals surface area (Å²) in [6.45, 7) is 8.74. The number of aliphatic imine (C=N–C) groups is 1. The summed E-state index contributed by atoms with van der Waals surface area (Å²) in [6.07, 6.45) is 7.30. The molecule has 0 aromatic carbocycles. The van der Waals surface area contributed by atoms with Crippen molar-refractivity contribution in [2.45, 2.75) is 78.0 Å². The molecule has 2 N–H and O–H groups in total. The fourth-order valence-corrected chi connectivity index (χ4v) is 5.20. The summed E-state index contributed by atoms with van der Waals surface area (Å²) in [4.78, 5) is 4.89. The van der Waals surface area contributed by atoms with E-state index in [0.29, 0.717) is 30.0 Å². The molecule has 2 aliphatic carbocycles. The summed E-state index contributed by atoms with van der Waals surface area (Å²) in [7, 11) is 0. The van der Waals surface area contributed by atoms with Gasteiger partial charge in [-0.15, -0.1) is 0 Å². The third kappa shape index (κ3) is 2.73. The number of nitrogens with zero attached hydrogens (tertiary/aromatic N) is 2. The second-order valence-corrected chi connectivity index (χ2v) is 7.89. The van der Waals surface area contributed by atoms with Crippen molar-refractivity contribution in [2.24, 2.45) is 16.3 Å². The van der Waals surface area contributed by atoms with E-state index in [2.05, 4.69) is 36.6 Å². The molecule has 0 amide bonds. The van der Waals surface area contributed by atoms with Gasteiger partial charge in [-0.25, -0.2) is 4.99 Å². The van der Waals surface area contributed by atoms with Gasteiger partial charge in [-0.05, 0) is 32.6 Å². The Kier molecular flexibility index (Phi) is 4.95. The average molecular weight is 361 g/mol. The predicted molar refractivity (Wildman–Crippen MR) is 101 cm³/mol. The Balaban J connectivity index is 1.49. The number of nitrogens with one attached hydrogen (secondary N) is 2. The summed E-state index contributed by atoms with van der Waals surface area (Å²) in [5.74, 6) is 2.52. The van der Waals surface area contributed by atoms with Crippen molar-refractivity contribution in [3.05, 3.63) is 17.0 Å². The van der Waals surface area contributed by atoms with E-state index in [0.717, 1.165) is 49.0 Å². The molecule has 3 atom stereocenters. The Morgan fingerprint density at radius 1 is 1.27 bits per heavy atom. The second-order valence-electron chi connectivity index (χ2n) is 7.89. The lowest BCUT2D eigenvalue weighted by Gasteiger charge is -2.63. The number of fused-ring (bicyclic) bond motifs is 2. The molecule has 2 heterocycles. The molecule has 6 nitrogen and oxygen atoms in total. The second kappa shape index (κ2) is 7.22. The lowest BCUT2D eigenvalue weighted by molar-refractivity contribution is -0.171. The Morgan fingerprint density at radius 3 is 2.77 bits per heavy atom. The first-order valence-corrected chi connectivity index (χ1v) is 10.4. The van der Waals surface area contributed by atoms with Crippen LogP contribution in [0.25, 0.3) is 0 Å². The van der Waals surface area contributed by atoms with Crippen LogP contribution in [0.4, 0.5) is 0 Å². The number of hydrogen-bond donors (Lipinski definition) is 2. The van der Waals surface area contributed by atoms with Gasteiger partial charge in [0.25, 0.3) is 0 Å². The highest BCUT2D eigenvalue weighted by Gasteiger charge is 2.66. The average Bonchev–Trinajstić information content (AvgIpc) is 3.20. The van der Waals surface area contributed by atoms with Crippen molar-refractivity contribution in [1.82, 2.24) is 15.8 Å². The number of aromatic nitrogens is 1. The van der Waals surface area contributed by atoms with Crippen LogP contribution >= 0.6 is 0 Å². The van der Waals surface area contributed by atoms with Gasteiger partial charge in [0.05, 0.1) is 18.3 Å². The summed E-state index contributed by atoms with van der Waals surface area (Å²) >= 11 is 0. The zero-order chi connectivity index (χ0) is 18.1. The molecule has 4 rings (SSSR count). The molecule has 1 spiro atoms. The normalized spacial score (nSPS) is 29.2. The minimum absolute atomic E-state index is 0.359. The van der Waals surface area contributed by atoms with Crippen LogP contribution in [0, 0.1) is 11.3 Å². The van der Waals surface area contributed by atoms with E-state index in [1.165, 1.54) is 25.7 Å². The monoisotopic (exact) mass is 360 g/mol. The van der Waals surface area contributed by atoms with Crippen LogP contribution in [0.3, 0.4) is 0 Å². The van der Waals surface area contributed by atoms with Gasteiger partial charge in [-0.3, -0.25) is 0 Å². The molecule has 3 aliphatic rings. The quantitative estimate of drug-likeness (QED) is 0.603. The molecule has 1 aliphatic heterocycles. The minimum Gasteiger partial charge on any atom is -0.377 e. The van der Waals surface area contributed by atoms with Crippen LogP contribution < -0.4 is 10.6 Å². The van der Waals surface area contributed by atoms with Crippen molar-refractivity contribution in [2.75, 3.05) is 13.2 Å². The Labute approximate surface area is 156 Å². The van der Waals surface area contributed by atoms with Gasteiger partial charge in [0.15, 0.2) is 5.96 Å². The Hall–Kier alpha value is -1.56. The molecule has 0 bridgehead atoms. The highest BCUT2D eigenvalue weighted by atomic mass is 16.5. The number of aryl methyl sites for hydroxylation is 2. The zero-order valence-electron chi connectivity index (χ0n) is 16.3. The number of guanidine groups is 1. The minimum atomic E-state index is 0.359. The summed E-state index contributed by atoms with van der Waals surface area (Å²) in [5.41, 5.74) is 2.55. The fourth-order valence-electron chi connectivity index (χ4n) is 5.20. The van der Waals surface area contributed by atoms with Crippen LogP contribution in [0.2, 0.25) is 0 Å². The van der Waals surface area contributed by atoms with Crippen molar-refractivity contribution in [3.8, 4) is 0 Å². The van der Waals surface area contributed by atoms with E-state index in [-0.39, 0.29) is 0 Å². The molecule has 26 heavy (non-hydrogen) atoms. The molecular formula is C20H32N4O2. The molecule has 1 aromatic heterocycles. The Morgan fingerprint density at radius 2 is 2.12 bits per heavy atom. The van der Waals surface area contributed by atoms with Gasteiger partial charge in [0.2, 0.25) is 0 Å². The smallest absolute Gasteiger partial charge is 0.191 e. The first-order chi connectivity index (χ1) is 12.7. The molecular weight excluding hydrogens is 328 g/mol. The summed E-state index contributed by atoms with van der Waals surface area (Å²) in [5, 5.41) is 11.4. The first-order valence-electron chi connectivity index (χ1n) is 10.4. The Bertz CT molecular complexity index is 643. The summed E-state index contributed by atoms with van der Waals surface area (Å²) < 4.78 is 11.5. The SMILES string of the molecule is CCNC(=NCc1c(CC)noc1CC)NC1C2CCOC2C12CCC2. The third-order valence-corrected chi connectivity index (χ3v) is 6.67. The van der Waals surface area contributed by atoms with E-state index < -0.39 is 0 Å². The fraction of sp³-hybridized carbons (Fsp3) is 0.800. The lowest BCUT2D eigenvalue weighted by Crippen LogP contribution is -2.72. The largest absolute Gasteiger partial charge is 0.377 e. The predicted octanol–water partition coefficient (Wildman–Crippen LogP) is 2.81. The maximum atomic E-state index is 6.04. The molecule has 3 fully saturated rings.